The Morgan fingerprint density at radius 1 is 1.41 bits per heavy atom. The van der Waals surface area contributed by atoms with E-state index in [-0.39, 0.29) is 6.04 Å². The summed E-state index contributed by atoms with van der Waals surface area (Å²) in [5, 5.41) is 12.4. The zero-order valence-electron chi connectivity index (χ0n) is 11.4. The van der Waals surface area contributed by atoms with E-state index in [4.69, 9.17) is 5.26 Å². The minimum absolute atomic E-state index is 0.0182. The van der Waals surface area contributed by atoms with Crippen molar-refractivity contribution in [1.82, 2.24) is 15.1 Å². The molecular formula is C13H26N4. The van der Waals surface area contributed by atoms with Gasteiger partial charge >= 0.3 is 0 Å². The van der Waals surface area contributed by atoms with Crippen molar-refractivity contribution in [2.45, 2.75) is 39.3 Å². The van der Waals surface area contributed by atoms with E-state index in [1.54, 1.807) is 0 Å². The van der Waals surface area contributed by atoms with Crippen molar-refractivity contribution in [2.24, 2.45) is 0 Å². The standard InChI is InChI=1S/C13H26N4/c1-4-6-15-13(9-14)11-16-7-8-17(5-2)12(3)10-16/h12-13,15H,4-8,10-11H2,1-3H3. The number of rotatable bonds is 6. The van der Waals surface area contributed by atoms with E-state index in [0.717, 1.165) is 45.7 Å². The summed E-state index contributed by atoms with van der Waals surface area (Å²) in [6.07, 6.45) is 1.08. The molecule has 0 aromatic heterocycles. The molecule has 1 heterocycles. The summed E-state index contributed by atoms with van der Waals surface area (Å²) in [5.74, 6) is 0. The number of nitrogens with one attached hydrogen (secondary N) is 1. The van der Waals surface area contributed by atoms with Crippen LogP contribution in [0.3, 0.4) is 0 Å². The van der Waals surface area contributed by atoms with Gasteiger partial charge in [0.1, 0.15) is 6.04 Å². The molecule has 1 fully saturated rings. The van der Waals surface area contributed by atoms with Gasteiger partial charge in [-0.1, -0.05) is 13.8 Å². The number of hydrogen-bond acceptors (Lipinski definition) is 4. The number of nitrogens with zero attached hydrogens (tertiary/aromatic N) is 3. The van der Waals surface area contributed by atoms with Crippen LogP contribution in [0.1, 0.15) is 27.2 Å². The van der Waals surface area contributed by atoms with Gasteiger partial charge in [-0.15, -0.1) is 0 Å². The lowest BCUT2D eigenvalue weighted by Crippen LogP contribution is -2.54. The molecule has 0 amide bonds. The average molecular weight is 238 g/mol. The monoisotopic (exact) mass is 238 g/mol. The van der Waals surface area contributed by atoms with Gasteiger partial charge in [0.25, 0.3) is 0 Å². The van der Waals surface area contributed by atoms with E-state index in [2.05, 4.69) is 42.0 Å². The van der Waals surface area contributed by atoms with Crippen LogP contribution in [0.25, 0.3) is 0 Å². The molecule has 0 bridgehead atoms. The molecule has 1 rings (SSSR count). The minimum Gasteiger partial charge on any atom is -0.301 e. The van der Waals surface area contributed by atoms with Crippen molar-refractivity contribution in [1.29, 1.82) is 5.26 Å². The Morgan fingerprint density at radius 2 is 2.18 bits per heavy atom. The van der Waals surface area contributed by atoms with Gasteiger partial charge in [-0.2, -0.15) is 5.26 Å². The Kier molecular flexibility index (Phi) is 6.49. The molecule has 2 atom stereocenters. The predicted molar refractivity (Wildman–Crippen MR) is 70.8 cm³/mol. The van der Waals surface area contributed by atoms with Gasteiger partial charge in [0.2, 0.25) is 0 Å². The molecule has 0 saturated carbocycles. The van der Waals surface area contributed by atoms with E-state index < -0.39 is 0 Å². The fourth-order valence-corrected chi connectivity index (χ4v) is 2.43. The SMILES string of the molecule is CCCNC(C#N)CN1CCN(CC)C(C)C1. The van der Waals surface area contributed by atoms with Crippen LogP contribution in [-0.4, -0.2) is 61.2 Å². The minimum atomic E-state index is -0.0182. The smallest absolute Gasteiger partial charge is 0.108 e. The van der Waals surface area contributed by atoms with Crippen molar-refractivity contribution in [3.8, 4) is 6.07 Å². The van der Waals surface area contributed by atoms with Gasteiger partial charge in [-0.3, -0.25) is 9.80 Å². The van der Waals surface area contributed by atoms with E-state index in [1.165, 1.54) is 0 Å². The predicted octanol–water partition coefficient (Wildman–Crippen LogP) is 0.904. The summed E-state index contributed by atoms with van der Waals surface area (Å²) in [5.41, 5.74) is 0. The van der Waals surface area contributed by atoms with Crippen LogP contribution in [0.2, 0.25) is 0 Å². The number of nitriles is 1. The summed E-state index contributed by atoms with van der Waals surface area (Å²) >= 11 is 0. The van der Waals surface area contributed by atoms with Crippen LogP contribution in [0.15, 0.2) is 0 Å². The van der Waals surface area contributed by atoms with Crippen LogP contribution >= 0.6 is 0 Å². The van der Waals surface area contributed by atoms with Crippen molar-refractivity contribution >= 4 is 0 Å². The first-order valence-electron chi connectivity index (χ1n) is 6.80. The van der Waals surface area contributed by atoms with Gasteiger partial charge in [0, 0.05) is 32.2 Å². The number of piperazine rings is 1. The number of hydrogen-bond donors (Lipinski definition) is 1. The lowest BCUT2D eigenvalue weighted by atomic mass is 10.1. The maximum Gasteiger partial charge on any atom is 0.108 e. The second kappa shape index (κ2) is 7.65. The van der Waals surface area contributed by atoms with Crippen molar-refractivity contribution in [3.05, 3.63) is 0 Å². The first-order chi connectivity index (χ1) is 8.21. The van der Waals surface area contributed by atoms with Crippen molar-refractivity contribution < 1.29 is 0 Å². The molecule has 0 radical (unpaired) electrons. The second-order valence-electron chi connectivity index (χ2n) is 4.87. The largest absolute Gasteiger partial charge is 0.301 e. The highest BCUT2D eigenvalue weighted by Crippen LogP contribution is 2.09. The van der Waals surface area contributed by atoms with Crippen LogP contribution in [0.4, 0.5) is 0 Å². The van der Waals surface area contributed by atoms with E-state index in [0.29, 0.717) is 6.04 Å². The normalized spacial score (nSPS) is 24.5. The van der Waals surface area contributed by atoms with Crippen molar-refractivity contribution in [2.75, 3.05) is 39.3 Å². The Morgan fingerprint density at radius 3 is 2.71 bits per heavy atom. The first-order valence-corrected chi connectivity index (χ1v) is 6.80. The summed E-state index contributed by atoms with van der Waals surface area (Å²) in [6.45, 7) is 12.8. The Hall–Kier alpha value is -0.630. The molecule has 1 N–H and O–H groups in total. The summed E-state index contributed by atoms with van der Waals surface area (Å²) < 4.78 is 0. The Balaban J connectivity index is 2.34. The first kappa shape index (κ1) is 14.4. The highest BCUT2D eigenvalue weighted by Gasteiger charge is 2.23. The van der Waals surface area contributed by atoms with Crippen LogP contribution < -0.4 is 5.32 Å². The maximum absolute atomic E-state index is 9.10. The molecule has 0 aromatic carbocycles. The van der Waals surface area contributed by atoms with Crippen molar-refractivity contribution in [3.63, 3.8) is 0 Å². The third-order valence-corrected chi connectivity index (χ3v) is 3.49. The molecule has 2 unspecified atom stereocenters. The maximum atomic E-state index is 9.10. The van der Waals surface area contributed by atoms with E-state index in [9.17, 15) is 0 Å². The summed E-state index contributed by atoms with van der Waals surface area (Å²) in [7, 11) is 0. The Labute approximate surface area is 106 Å². The lowest BCUT2D eigenvalue weighted by molar-refractivity contribution is 0.0850. The fourth-order valence-electron chi connectivity index (χ4n) is 2.43. The quantitative estimate of drug-likeness (QED) is 0.747. The molecular weight excluding hydrogens is 212 g/mol. The fraction of sp³-hybridized carbons (Fsp3) is 0.923. The molecule has 1 saturated heterocycles. The summed E-state index contributed by atoms with van der Waals surface area (Å²) in [6, 6.07) is 2.95. The van der Waals surface area contributed by atoms with Gasteiger partial charge in [-0.05, 0) is 26.4 Å². The highest BCUT2D eigenvalue weighted by molar-refractivity contribution is 4.93. The average Bonchev–Trinajstić information content (AvgIpc) is 2.34. The van der Waals surface area contributed by atoms with Crippen LogP contribution in [0.5, 0.6) is 0 Å². The molecule has 1 aliphatic heterocycles. The molecule has 0 spiro atoms. The zero-order chi connectivity index (χ0) is 12.7. The van der Waals surface area contributed by atoms with Crippen LogP contribution in [-0.2, 0) is 0 Å². The lowest BCUT2D eigenvalue weighted by Gasteiger charge is -2.39. The topological polar surface area (TPSA) is 42.3 Å². The zero-order valence-corrected chi connectivity index (χ0v) is 11.4. The van der Waals surface area contributed by atoms with Gasteiger partial charge in [0.15, 0.2) is 0 Å². The molecule has 1 aliphatic rings. The molecule has 4 heteroatoms. The van der Waals surface area contributed by atoms with Gasteiger partial charge < -0.3 is 5.32 Å². The van der Waals surface area contributed by atoms with Gasteiger partial charge in [-0.25, -0.2) is 0 Å². The second-order valence-corrected chi connectivity index (χ2v) is 4.87. The molecule has 0 aliphatic carbocycles. The molecule has 98 valence electrons. The highest BCUT2D eigenvalue weighted by atomic mass is 15.3. The summed E-state index contributed by atoms with van der Waals surface area (Å²) in [4.78, 5) is 4.91. The van der Waals surface area contributed by atoms with E-state index >= 15 is 0 Å². The molecule has 0 aromatic rings. The third-order valence-electron chi connectivity index (χ3n) is 3.49. The van der Waals surface area contributed by atoms with Crippen LogP contribution in [0, 0.1) is 11.3 Å². The molecule has 4 nitrogen and oxygen atoms in total. The molecule has 17 heavy (non-hydrogen) atoms. The van der Waals surface area contributed by atoms with E-state index in [1.807, 2.05) is 0 Å². The van der Waals surface area contributed by atoms with Gasteiger partial charge in [0.05, 0.1) is 6.07 Å². The third kappa shape index (κ3) is 4.63. The Bertz CT molecular complexity index is 248. The number of likely N-dealkylation sites (N-methyl/N-ethyl adjacent to an activating group) is 1.